The zero-order valence-electron chi connectivity index (χ0n) is 17.9. The highest BCUT2D eigenvalue weighted by Gasteiger charge is 2.52. The molecule has 2 fully saturated rings. The molecule has 2 aliphatic rings. The molecule has 10 atom stereocenters. The topological polar surface area (TPSA) is 129 Å². The van der Waals surface area contributed by atoms with Gasteiger partial charge in [-0.3, -0.25) is 0 Å². The fraction of sp³-hybridized carbons (Fsp3) is 1.00. The molecule has 2 saturated heterocycles. The van der Waals surface area contributed by atoms with E-state index >= 15 is 0 Å². The van der Waals surface area contributed by atoms with Gasteiger partial charge in [-0.2, -0.15) is 0 Å². The van der Waals surface area contributed by atoms with Crippen molar-refractivity contribution in [2.45, 2.75) is 61.4 Å². The second-order valence-corrected chi connectivity index (χ2v) is 6.90. The van der Waals surface area contributed by atoms with Crippen molar-refractivity contribution < 1.29 is 47.7 Å². The van der Waals surface area contributed by atoms with Gasteiger partial charge in [-0.05, 0) is 0 Å². The van der Waals surface area contributed by atoms with Crippen molar-refractivity contribution in [2.75, 3.05) is 55.8 Å². The summed E-state index contributed by atoms with van der Waals surface area (Å²) in [5.41, 5.74) is 5.88. The third-order valence-electron chi connectivity index (χ3n) is 5.42. The fourth-order valence-corrected chi connectivity index (χ4v) is 4.01. The molecule has 0 aromatic rings. The van der Waals surface area contributed by atoms with E-state index in [0.717, 1.165) is 0 Å². The Balaban J connectivity index is 2.29. The van der Waals surface area contributed by atoms with Crippen molar-refractivity contribution in [3.05, 3.63) is 0 Å². The number of rotatable bonds is 10. The van der Waals surface area contributed by atoms with Gasteiger partial charge >= 0.3 is 0 Å². The molecule has 0 saturated carbocycles. The van der Waals surface area contributed by atoms with Gasteiger partial charge < -0.3 is 53.5 Å². The van der Waals surface area contributed by atoms with Crippen LogP contribution in [0, 0.1) is 0 Å². The lowest BCUT2D eigenvalue weighted by Gasteiger charge is -2.48. The van der Waals surface area contributed by atoms with Crippen LogP contribution in [-0.4, -0.2) is 122 Å². The van der Waals surface area contributed by atoms with Crippen LogP contribution in [0.15, 0.2) is 0 Å². The summed E-state index contributed by atoms with van der Waals surface area (Å²) < 4.78 is 51.0. The van der Waals surface area contributed by atoms with Crippen molar-refractivity contribution in [1.82, 2.24) is 0 Å². The van der Waals surface area contributed by atoms with Gasteiger partial charge in [0.1, 0.15) is 48.8 Å². The van der Waals surface area contributed by atoms with Gasteiger partial charge in [0, 0.05) is 49.2 Å². The Bertz CT molecular complexity index is 472. The van der Waals surface area contributed by atoms with Gasteiger partial charge in [0.25, 0.3) is 0 Å². The number of methoxy groups -OCH3 is 6. The lowest BCUT2D eigenvalue weighted by molar-refractivity contribution is -0.360. The molecule has 0 radical (unpaired) electrons. The normalized spacial score (nSPS) is 43.4. The molecule has 0 aliphatic carbocycles. The first-order valence-electron chi connectivity index (χ1n) is 9.48. The van der Waals surface area contributed by atoms with Crippen molar-refractivity contribution in [3.63, 3.8) is 0 Å². The average molecular weight is 425 g/mol. The van der Waals surface area contributed by atoms with Gasteiger partial charge in [-0.25, -0.2) is 0 Å². The lowest BCUT2D eigenvalue weighted by atomic mass is 9.96. The molecular weight excluding hydrogens is 390 g/mol. The third kappa shape index (κ3) is 5.25. The Morgan fingerprint density at radius 3 is 1.72 bits per heavy atom. The Labute approximate surface area is 171 Å². The Kier molecular flexibility index (Phi) is 10.1. The number of hydrogen-bond donors (Lipinski definition) is 2. The summed E-state index contributed by atoms with van der Waals surface area (Å²) in [5.74, 6) is 0. The Morgan fingerprint density at radius 1 is 0.690 bits per heavy atom. The molecule has 0 aromatic heterocycles. The molecule has 2 heterocycles. The minimum absolute atomic E-state index is 0.164. The minimum Gasteiger partial charge on any atom is -0.382 e. The van der Waals surface area contributed by atoms with Crippen LogP contribution >= 0.6 is 0 Å². The molecule has 11 nitrogen and oxygen atoms in total. The third-order valence-corrected chi connectivity index (χ3v) is 5.42. The summed E-state index contributed by atoms with van der Waals surface area (Å²) in [4.78, 5) is 0. The van der Waals surface area contributed by atoms with E-state index in [1.807, 2.05) is 0 Å². The van der Waals surface area contributed by atoms with E-state index in [4.69, 9.17) is 48.4 Å². The highest BCUT2D eigenvalue weighted by atomic mass is 16.7. The van der Waals surface area contributed by atoms with E-state index in [2.05, 4.69) is 0 Å². The molecule has 0 spiro atoms. The zero-order valence-corrected chi connectivity index (χ0v) is 17.9. The van der Waals surface area contributed by atoms with Crippen LogP contribution in [0.25, 0.3) is 0 Å². The first kappa shape index (κ1) is 24.8. The summed E-state index contributed by atoms with van der Waals surface area (Å²) in [6.45, 7) is 0.363. The molecule has 3 N–H and O–H groups in total. The van der Waals surface area contributed by atoms with E-state index in [-0.39, 0.29) is 13.2 Å². The van der Waals surface area contributed by atoms with Gasteiger partial charge in [-0.15, -0.1) is 0 Å². The minimum atomic E-state index is -1.20. The largest absolute Gasteiger partial charge is 0.382 e. The van der Waals surface area contributed by atoms with Crippen LogP contribution in [0.4, 0.5) is 0 Å². The average Bonchev–Trinajstić information content (AvgIpc) is 2.73. The standard InChI is InChI=1S/C18H35NO10/c1-21-8-10-12(14(24-4)15(25-5)17(20)27-10)29-18-16(26-6)13(23-3)11(22-2)9(7-19)28-18/h9-18,20H,7-8,19H2,1-6H3/t9?,10?,11-,12-,13+,14+,15?,16?,17-,18+/m1/s1. The smallest absolute Gasteiger partial charge is 0.187 e. The predicted molar refractivity (Wildman–Crippen MR) is 99.3 cm³/mol. The van der Waals surface area contributed by atoms with Gasteiger partial charge in [0.05, 0.1) is 6.61 Å². The highest BCUT2D eigenvalue weighted by molar-refractivity contribution is 4.96. The number of aliphatic hydroxyl groups excluding tert-OH is 1. The van der Waals surface area contributed by atoms with Gasteiger partial charge in [-0.1, -0.05) is 0 Å². The van der Waals surface area contributed by atoms with E-state index in [0.29, 0.717) is 0 Å². The molecule has 29 heavy (non-hydrogen) atoms. The quantitative estimate of drug-likeness (QED) is 0.424. The van der Waals surface area contributed by atoms with E-state index in [1.54, 1.807) is 14.2 Å². The van der Waals surface area contributed by atoms with Crippen LogP contribution in [-0.2, 0) is 42.6 Å². The first-order chi connectivity index (χ1) is 14.0. The molecule has 2 rings (SSSR count). The molecule has 0 aromatic carbocycles. The summed E-state index contributed by atoms with van der Waals surface area (Å²) in [6, 6.07) is 0. The fourth-order valence-electron chi connectivity index (χ4n) is 4.01. The molecule has 0 bridgehead atoms. The lowest BCUT2D eigenvalue weighted by Crippen LogP contribution is -2.66. The molecule has 4 unspecified atom stereocenters. The van der Waals surface area contributed by atoms with Crippen molar-refractivity contribution in [2.24, 2.45) is 5.73 Å². The summed E-state index contributed by atoms with van der Waals surface area (Å²) >= 11 is 0. The van der Waals surface area contributed by atoms with E-state index in [1.165, 1.54) is 28.4 Å². The summed E-state index contributed by atoms with van der Waals surface area (Å²) in [5, 5.41) is 10.3. The predicted octanol–water partition coefficient (Wildman–Crippen LogP) is -1.51. The second-order valence-electron chi connectivity index (χ2n) is 6.90. The maximum absolute atomic E-state index is 10.3. The number of aliphatic hydroxyl groups is 1. The zero-order chi connectivity index (χ0) is 21.6. The van der Waals surface area contributed by atoms with Crippen LogP contribution < -0.4 is 5.73 Å². The molecule has 0 amide bonds. The van der Waals surface area contributed by atoms with Gasteiger partial charge in [0.2, 0.25) is 0 Å². The maximum atomic E-state index is 10.3. The van der Waals surface area contributed by atoms with Crippen LogP contribution in [0.2, 0.25) is 0 Å². The summed E-state index contributed by atoms with van der Waals surface area (Å²) in [6.07, 6.45) is -6.79. The van der Waals surface area contributed by atoms with E-state index in [9.17, 15) is 5.11 Å². The number of nitrogens with two attached hydrogens (primary N) is 1. The summed E-state index contributed by atoms with van der Waals surface area (Å²) in [7, 11) is 9.15. The molecule has 11 heteroatoms. The van der Waals surface area contributed by atoms with Crippen LogP contribution in [0.3, 0.4) is 0 Å². The molecule has 172 valence electrons. The second kappa shape index (κ2) is 11.8. The molecular formula is C18H35NO10. The number of hydrogen-bond acceptors (Lipinski definition) is 11. The van der Waals surface area contributed by atoms with Crippen molar-refractivity contribution >= 4 is 0 Å². The highest BCUT2D eigenvalue weighted by Crippen LogP contribution is 2.32. The van der Waals surface area contributed by atoms with Crippen LogP contribution in [0.5, 0.6) is 0 Å². The van der Waals surface area contributed by atoms with Crippen molar-refractivity contribution in [1.29, 1.82) is 0 Å². The van der Waals surface area contributed by atoms with Gasteiger partial charge in [0.15, 0.2) is 12.6 Å². The SMILES string of the molecule is COCC1O[C@@H](O)C(OC)[C@@H](OC)[C@@H]1O[C@@H]1OC(CN)[C@@H](OC)[C@H](OC)C1OC. The van der Waals surface area contributed by atoms with Crippen molar-refractivity contribution in [3.8, 4) is 0 Å². The number of ether oxygens (including phenoxy) is 9. The molecule has 2 aliphatic heterocycles. The first-order valence-corrected chi connectivity index (χ1v) is 9.48. The van der Waals surface area contributed by atoms with Crippen LogP contribution in [0.1, 0.15) is 0 Å². The Hall–Kier alpha value is -0.440. The monoisotopic (exact) mass is 425 g/mol. The Morgan fingerprint density at radius 2 is 1.24 bits per heavy atom. The maximum Gasteiger partial charge on any atom is 0.187 e. The van der Waals surface area contributed by atoms with E-state index < -0.39 is 61.4 Å².